The first-order chi connectivity index (χ1) is 10.7. The van der Waals surface area contributed by atoms with Gasteiger partial charge < -0.3 is 5.32 Å². The molecule has 0 spiro atoms. The monoisotopic (exact) mass is 295 g/mol. The van der Waals surface area contributed by atoms with E-state index in [1.165, 1.54) is 12.1 Å². The van der Waals surface area contributed by atoms with Crippen LogP contribution in [0.1, 0.15) is 20.3 Å². The van der Waals surface area contributed by atoms with Gasteiger partial charge in [-0.05, 0) is 49.7 Å². The maximum Gasteiger partial charge on any atom is 0.162 e. The SMILES string of the molecule is CC[C@@H](C)Nc1nc(-c2ccc(F)cc2)nc2ccccc12. The molecule has 3 nitrogen and oxygen atoms in total. The molecule has 3 aromatic rings. The molecule has 0 bridgehead atoms. The molecule has 0 aliphatic heterocycles. The molecule has 3 rings (SSSR count). The Morgan fingerprint density at radius 2 is 1.77 bits per heavy atom. The Balaban J connectivity index is 2.13. The van der Waals surface area contributed by atoms with E-state index in [9.17, 15) is 4.39 Å². The molecule has 0 aliphatic carbocycles. The van der Waals surface area contributed by atoms with Crippen LogP contribution in [0.2, 0.25) is 0 Å². The Kier molecular flexibility index (Phi) is 4.00. The van der Waals surface area contributed by atoms with E-state index in [0.717, 1.165) is 28.7 Å². The van der Waals surface area contributed by atoms with E-state index >= 15 is 0 Å². The average Bonchev–Trinajstić information content (AvgIpc) is 2.55. The van der Waals surface area contributed by atoms with E-state index in [0.29, 0.717) is 11.9 Å². The number of benzene rings is 2. The summed E-state index contributed by atoms with van der Waals surface area (Å²) in [5.41, 5.74) is 1.68. The summed E-state index contributed by atoms with van der Waals surface area (Å²) in [6, 6.07) is 14.5. The summed E-state index contributed by atoms with van der Waals surface area (Å²) in [7, 11) is 0. The zero-order valence-electron chi connectivity index (χ0n) is 12.7. The zero-order chi connectivity index (χ0) is 15.5. The summed E-state index contributed by atoms with van der Waals surface area (Å²) in [4.78, 5) is 9.24. The van der Waals surface area contributed by atoms with E-state index in [4.69, 9.17) is 0 Å². The number of halogens is 1. The minimum atomic E-state index is -0.262. The Bertz CT molecular complexity index is 784. The fourth-order valence-electron chi connectivity index (χ4n) is 2.25. The zero-order valence-corrected chi connectivity index (χ0v) is 12.7. The number of nitrogens with one attached hydrogen (secondary N) is 1. The molecular formula is C18H18FN3. The third kappa shape index (κ3) is 2.91. The van der Waals surface area contributed by atoms with Crippen molar-refractivity contribution in [3.05, 3.63) is 54.3 Å². The maximum atomic E-state index is 13.1. The number of rotatable bonds is 4. The highest BCUT2D eigenvalue weighted by Crippen LogP contribution is 2.25. The van der Waals surface area contributed by atoms with Crippen LogP contribution in [0.5, 0.6) is 0 Å². The number of anilines is 1. The Morgan fingerprint density at radius 3 is 2.50 bits per heavy atom. The van der Waals surface area contributed by atoms with Crippen molar-refractivity contribution in [2.45, 2.75) is 26.3 Å². The highest BCUT2D eigenvalue weighted by atomic mass is 19.1. The minimum Gasteiger partial charge on any atom is -0.367 e. The molecule has 0 unspecified atom stereocenters. The van der Waals surface area contributed by atoms with Gasteiger partial charge in [0.25, 0.3) is 0 Å². The standard InChI is InChI=1S/C18H18FN3/c1-3-12(2)20-18-15-6-4-5-7-16(15)21-17(22-18)13-8-10-14(19)11-9-13/h4-12H,3H2,1-2H3,(H,20,21,22)/t12-/m1/s1. The molecule has 1 N–H and O–H groups in total. The van der Waals surface area contributed by atoms with Gasteiger partial charge >= 0.3 is 0 Å². The lowest BCUT2D eigenvalue weighted by atomic mass is 10.1. The van der Waals surface area contributed by atoms with Gasteiger partial charge in [-0.3, -0.25) is 0 Å². The van der Waals surface area contributed by atoms with Gasteiger partial charge in [-0.2, -0.15) is 0 Å². The third-order valence-corrected chi connectivity index (χ3v) is 3.70. The van der Waals surface area contributed by atoms with Gasteiger partial charge in [-0.15, -0.1) is 0 Å². The first-order valence-electron chi connectivity index (χ1n) is 7.46. The molecule has 1 aromatic heterocycles. The highest BCUT2D eigenvalue weighted by molar-refractivity contribution is 5.90. The number of fused-ring (bicyclic) bond motifs is 1. The van der Waals surface area contributed by atoms with Gasteiger partial charge in [-0.1, -0.05) is 19.1 Å². The molecule has 112 valence electrons. The van der Waals surface area contributed by atoms with Crippen LogP contribution in [0.4, 0.5) is 10.2 Å². The summed E-state index contributed by atoms with van der Waals surface area (Å²) in [6.07, 6.45) is 1.00. The fraction of sp³-hybridized carbons (Fsp3) is 0.222. The van der Waals surface area contributed by atoms with E-state index < -0.39 is 0 Å². The predicted molar refractivity (Wildman–Crippen MR) is 88.3 cm³/mol. The van der Waals surface area contributed by atoms with Crippen LogP contribution in [-0.2, 0) is 0 Å². The van der Waals surface area contributed by atoms with E-state index in [2.05, 4.69) is 29.1 Å². The van der Waals surface area contributed by atoms with Crippen LogP contribution in [0, 0.1) is 5.82 Å². The second-order valence-electron chi connectivity index (χ2n) is 5.37. The van der Waals surface area contributed by atoms with Crippen molar-refractivity contribution in [2.75, 3.05) is 5.32 Å². The average molecular weight is 295 g/mol. The number of nitrogens with zero attached hydrogens (tertiary/aromatic N) is 2. The van der Waals surface area contributed by atoms with Crippen molar-refractivity contribution in [1.29, 1.82) is 0 Å². The molecule has 0 fully saturated rings. The summed E-state index contributed by atoms with van der Waals surface area (Å²) >= 11 is 0. The summed E-state index contributed by atoms with van der Waals surface area (Å²) in [5.74, 6) is 1.16. The smallest absolute Gasteiger partial charge is 0.162 e. The van der Waals surface area contributed by atoms with E-state index in [1.807, 2.05) is 24.3 Å². The molecular weight excluding hydrogens is 277 g/mol. The van der Waals surface area contributed by atoms with Gasteiger partial charge in [0.1, 0.15) is 11.6 Å². The molecule has 4 heteroatoms. The molecule has 0 aliphatic rings. The number of para-hydroxylation sites is 1. The van der Waals surface area contributed by atoms with Gasteiger partial charge in [0.2, 0.25) is 0 Å². The molecule has 1 atom stereocenters. The van der Waals surface area contributed by atoms with Crippen molar-refractivity contribution >= 4 is 16.7 Å². The van der Waals surface area contributed by atoms with Gasteiger partial charge in [0.15, 0.2) is 5.82 Å². The summed E-state index contributed by atoms with van der Waals surface area (Å²) in [6.45, 7) is 4.25. The van der Waals surface area contributed by atoms with Crippen LogP contribution in [0.15, 0.2) is 48.5 Å². The summed E-state index contributed by atoms with van der Waals surface area (Å²) in [5, 5.41) is 4.43. The van der Waals surface area contributed by atoms with E-state index in [-0.39, 0.29) is 5.82 Å². The fourth-order valence-corrected chi connectivity index (χ4v) is 2.25. The van der Waals surface area contributed by atoms with Crippen LogP contribution >= 0.6 is 0 Å². The van der Waals surface area contributed by atoms with Crippen molar-refractivity contribution < 1.29 is 4.39 Å². The van der Waals surface area contributed by atoms with Crippen LogP contribution in [-0.4, -0.2) is 16.0 Å². The van der Waals surface area contributed by atoms with E-state index in [1.54, 1.807) is 12.1 Å². The minimum absolute atomic E-state index is 0.262. The molecule has 0 radical (unpaired) electrons. The number of aromatic nitrogens is 2. The molecule has 0 amide bonds. The molecule has 2 aromatic carbocycles. The second kappa shape index (κ2) is 6.10. The van der Waals surface area contributed by atoms with Crippen LogP contribution < -0.4 is 5.32 Å². The summed E-state index contributed by atoms with van der Waals surface area (Å²) < 4.78 is 13.1. The lowest BCUT2D eigenvalue weighted by Crippen LogP contribution is -2.15. The van der Waals surface area contributed by atoms with Crippen molar-refractivity contribution in [2.24, 2.45) is 0 Å². The van der Waals surface area contributed by atoms with Gasteiger partial charge in [-0.25, -0.2) is 14.4 Å². The number of hydrogen-bond acceptors (Lipinski definition) is 3. The molecule has 0 saturated carbocycles. The predicted octanol–water partition coefficient (Wildman–Crippen LogP) is 4.65. The molecule has 22 heavy (non-hydrogen) atoms. The number of hydrogen-bond donors (Lipinski definition) is 1. The molecule has 0 saturated heterocycles. The Labute approximate surface area is 129 Å². The quantitative estimate of drug-likeness (QED) is 0.761. The van der Waals surface area contributed by atoms with Crippen molar-refractivity contribution in [3.8, 4) is 11.4 Å². The Hall–Kier alpha value is -2.49. The van der Waals surface area contributed by atoms with Gasteiger partial charge in [0, 0.05) is 17.0 Å². The second-order valence-corrected chi connectivity index (χ2v) is 5.37. The maximum absolute atomic E-state index is 13.1. The van der Waals surface area contributed by atoms with Crippen molar-refractivity contribution in [3.63, 3.8) is 0 Å². The Morgan fingerprint density at radius 1 is 1.05 bits per heavy atom. The normalized spacial score (nSPS) is 12.3. The van der Waals surface area contributed by atoms with Crippen LogP contribution in [0.3, 0.4) is 0 Å². The highest BCUT2D eigenvalue weighted by Gasteiger charge is 2.10. The van der Waals surface area contributed by atoms with Crippen LogP contribution in [0.25, 0.3) is 22.3 Å². The van der Waals surface area contributed by atoms with Gasteiger partial charge in [0.05, 0.1) is 5.52 Å². The third-order valence-electron chi connectivity index (χ3n) is 3.70. The molecule has 1 heterocycles. The first-order valence-corrected chi connectivity index (χ1v) is 7.46. The lowest BCUT2D eigenvalue weighted by molar-refractivity contribution is 0.628. The van der Waals surface area contributed by atoms with Crippen molar-refractivity contribution in [1.82, 2.24) is 9.97 Å². The first kappa shape index (κ1) is 14.4. The topological polar surface area (TPSA) is 37.8 Å². The largest absolute Gasteiger partial charge is 0.367 e. The lowest BCUT2D eigenvalue weighted by Gasteiger charge is -2.15.